The lowest BCUT2D eigenvalue weighted by Gasteiger charge is -2.13. The summed E-state index contributed by atoms with van der Waals surface area (Å²) in [5.41, 5.74) is 5.83. The Morgan fingerprint density at radius 1 is 0.897 bits per heavy atom. The van der Waals surface area contributed by atoms with Gasteiger partial charge in [0.05, 0.1) is 24.9 Å². The van der Waals surface area contributed by atoms with E-state index in [0.717, 1.165) is 16.7 Å². The van der Waals surface area contributed by atoms with E-state index in [1.54, 1.807) is 19.4 Å². The fraction of sp³-hybridized carbons (Fsp3) is 0.136. The normalized spacial score (nSPS) is 10.9. The molecule has 0 amide bonds. The summed E-state index contributed by atoms with van der Waals surface area (Å²) in [5.74, 6) is 1.01. The van der Waals surface area contributed by atoms with Crippen molar-refractivity contribution in [1.82, 2.24) is 5.43 Å². The maximum absolute atomic E-state index is 6.41. The third-order valence-electron chi connectivity index (χ3n) is 4.05. The van der Waals surface area contributed by atoms with Crippen LogP contribution in [-0.4, -0.2) is 13.3 Å². The summed E-state index contributed by atoms with van der Waals surface area (Å²) in [5, 5.41) is 6.06. The first-order chi connectivity index (χ1) is 14.0. The summed E-state index contributed by atoms with van der Waals surface area (Å²) >= 11 is 18.2. The van der Waals surface area contributed by atoms with Crippen LogP contribution in [0.5, 0.6) is 11.5 Å². The summed E-state index contributed by atoms with van der Waals surface area (Å²) in [6.45, 7) is 0.935. The van der Waals surface area contributed by atoms with Crippen molar-refractivity contribution in [2.24, 2.45) is 5.10 Å². The molecule has 7 heteroatoms. The van der Waals surface area contributed by atoms with Crippen molar-refractivity contribution in [3.8, 4) is 11.5 Å². The Morgan fingerprint density at radius 3 is 2.14 bits per heavy atom. The highest BCUT2D eigenvalue weighted by molar-refractivity contribution is 6.32. The molecular formula is C22H19Cl3N2O2. The second-order valence-electron chi connectivity index (χ2n) is 6.17. The van der Waals surface area contributed by atoms with Gasteiger partial charge >= 0.3 is 0 Å². The summed E-state index contributed by atoms with van der Waals surface area (Å²) < 4.78 is 11.3. The van der Waals surface area contributed by atoms with E-state index in [1.165, 1.54) is 0 Å². The number of halogens is 3. The number of nitrogens with one attached hydrogen (secondary N) is 1. The van der Waals surface area contributed by atoms with Crippen molar-refractivity contribution in [3.05, 3.63) is 92.4 Å². The van der Waals surface area contributed by atoms with E-state index in [2.05, 4.69) is 10.5 Å². The van der Waals surface area contributed by atoms with Gasteiger partial charge in [0.1, 0.15) is 6.61 Å². The number of hydrogen-bond acceptors (Lipinski definition) is 4. The second-order valence-corrected chi connectivity index (χ2v) is 7.45. The maximum atomic E-state index is 6.41. The molecule has 3 aromatic carbocycles. The lowest BCUT2D eigenvalue weighted by Crippen LogP contribution is -2.05. The van der Waals surface area contributed by atoms with Gasteiger partial charge < -0.3 is 14.9 Å². The highest BCUT2D eigenvalue weighted by Crippen LogP contribution is 2.36. The van der Waals surface area contributed by atoms with Crippen LogP contribution in [0, 0.1) is 0 Å². The lowest BCUT2D eigenvalue weighted by molar-refractivity contribution is 0.284. The Balaban J connectivity index is 1.63. The molecule has 0 aliphatic carbocycles. The molecule has 29 heavy (non-hydrogen) atoms. The van der Waals surface area contributed by atoms with Crippen molar-refractivity contribution in [2.75, 3.05) is 7.11 Å². The largest absolute Gasteiger partial charge is 0.493 e. The quantitative estimate of drug-likeness (QED) is 0.321. The van der Waals surface area contributed by atoms with Crippen LogP contribution in [0.15, 0.2) is 65.8 Å². The van der Waals surface area contributed by atoms with Gasteiger partial charge in [0.2, 0.25) is 0 Å². The van der Waals surface area contributed by atoms with E-state index in [0.29, 0.717) is 39.7 Å². The van der Waals surface area contributed by atoms with Crippen molar-refractivity contribution in [1.29, 1.82) is 0 Å². The van der Waals surface area contributed by atoms with Gasteiger partial charge in [-0.1, -0.05) is 59.1 Å². The van der Waals surface area contributed by atoms with Crippen LogP contribution in [0.4, 0.5) is 0 Å². The van der Waals surface area contributed by atoms with Gasteiger partial charge in [0.15, 0.2) is 11.5 Å². The van der Waals surface area contributed by atoms with Crippen molar-refractivity contribution >= 4 is 41.0 Å². The Hall–Kier alpha value is -2.40. The molecule has 0 aromatic heterocycles. The molecule has 4 nitrogen and oxygen atoms in total. The molecule has 0 saturated heterocycles. The molecular weight excluding hydrogens is 431 g/mol. The molecule has 0 saturated carbocycles. The Bertz CT molecular complexity index is 975. The van der Waals surface area contributed by atoms with E-state index in [1.807, 2.05) is 54.6 Å². The van der Waals surface area contributed by atoms with Gasteiger partial charge in [-0.25, -0.2) is 0 Å². The first kappa shape index (κ1) is 21.3. The third kappa shape index (κ3) is 6.29. The monoisotopic (exact) mass is 448 g/mol. The highest BCUT2D eigenvalue weighted by Gasteiger charge is 2.12. The molecule has 0 heterocycles. The number of benzene rings is 3. The zero-order chi connectivity index (χ0) is 20.6. The van der Waals surface area contributed by atoms with Crippen molar-refractivity contribution in [3.63, 3.8) is 0 Å². The van der Waals surface area contributed by atoms with Gasteiger partial charge in [-0.3, -0.25) is 0 Å². The number of nitrogens with zero attached hydrogens (tertiary/aromatic N) is 1. The predicted molar refractivity (Wildman–Crippen MR) is 120 cm³/mol. The molecule has 0 radical (unpaired) electrons. The van der Waals surface area contributed by atoms with Gasteiger partial charge in [0.25, 0.3) is 0 Å². The maximum Gasteiger partial charge on any atom is 0.180 e. The fourth-order valence-corrected chi connectivity index (χ4v) is 3.08. The SMILES string of the molecule is COc1cc(/C=N\NCc2ccc(Cl)cc2)cc(Cl)c1OCc1ccc(Cl)cc1. The molecule has 1 N–H and O–H groups in total. The van der Waals surface area contributed by atoms with Crippen LogP contribution in [0.1, 0.15) is 16.7 Å². The standard InChI is InChI=1S/C22H19Cl3N2O2/c1-28-21-11-17(13-27-26-12-15-2-6-18(23)7-3-15)10-20(25)22(21)29-14-16-4-8-19(24)9-5-16/h2-11,13,26H,12,14H2,1H3/b27-13-. The van der Waals surface area contributed by atoms with Gasteiger partial charge in [-0.05, 0) is 53.1 Å². The zero-order valence-electron chi connectivity index (χ0n) is 15.7. The van der Waals surface area contributed by atoms with Crippen LogP contribution >= 0.6 is 34.8 Å². The Labute approximate surface area is 185 Å². The smallest absolute Gasteiger partial charge is 0.180 e. The van der Waals surface area contributed by atoms with E-state index >= 15 is 0 Å². The van der Waals surface area contributed by atoms with Gasteiger partial charge in [-0.2, -0.15) is 5.10 Å². The molecule has 0 aliphatic rings. The Kier molecular flexibility index (Phi) is 7.64. The average Bonchev–Trinajstić information content (AvgIpc) is 2.72. The molecule has 0 unspecified atom stereocenters. The number of hydrazone groups is 1. The van der Waals surface area contributed by atoms with Gasteiger partial charge in [0, 0.05) is 10.0 Å². The second kappa shape index (κ2) is 10.4. The zero-order valence-corrected chi connectivity index (χ0v) is 17.9. The minimum Gasteiger partial charge on any atom is -0.493 e. The summed E-state index contributed by atoms with van der Waals surface area (Å²) in [6.07, 6.45) is 1.67. The number of methoxy groups -OCH3 is 1. The molecule has 0 bridgehead atoms. The van der Waals surface area contributed by atoms with Crippen LogP contribution in [0.3, 0.4) is 0 Å². The van der Waals surface area contributed by atoms with Gasteiger partial charge in [-0.15, -0.1) is 0 Å². The first-order valence-corrected chi connectivity index (χ1v) is 9.93. The molecule has 0 aliphatic heterocycles. The highest BCUT2D eigenvalue weighted by atomic mass is 35.5. The molecule has 150 valence electrons. The molecule has 0 spiro atoms. The summed E-state index contributed by atoms with van der Waals surface area (Å²) in [6, 6.07) is 18.6. The molecule has 3 aromatic rings. The Morgan fingerprint density at radius 2 is 1.52 bits per heavy atom. The van der Waals surface area contributed by atoms with E-state index in [4.69, 9.17) is 44.3 Å². The molecule has 0 atom stereocenters. The first-order valence-electron chi connectivity index (χ1n) is 8.80. The van der Waals surface area contributed by atoms with Crippen molar-refractivity contribution in [2.45, 2.75) is 13.2 Å². The number of rotatable bonds is 8. The van der Waals surface area contributed by atoms with E-state index < -0.39 is 0 Å². The van der Waals surface area contributed by atoms with E-state index in [9.17, 15) is 0 Å². The predicted octanol–water partition coefficient (Wildman–Crippen LogP) is 6.36. The molecule has 0 fully saturated rings. The van der Waals surface area contributed by atoms with Crippen LogP contribution < -0.4 is 14.9 Å². The third-order valence-corrected chi connectivity index (χ3v) is 4.83. The van der Waals surface area contributed by atoms with E-state index in [-0.39, 0.29) is 0 Å². The fourth-order valence-electron chi connectivity index (χ4n) is 2.55. The van der Waals surface area contributed by atoms with Crippen LogP contribution in [0.25, 0.3) is 0 Å². The van der Waals surface area contributed by atoms with Crippen LogP contribution in [0.2, 0.25) is 15.1 Å². The molecule has 3 rings (SSSR count). The number of ether oxygens (including phenoxy) is 2. The lowest BCUT2D eigenvalue weighted by atomic mass is 10.2. The summed E-state index contributed by atoms with van der Waals surface area (Å²) in [7, 11) is 1.57. The van der Waals surface area contributed by atoms with Crippen LogP contribution in [-0.2, 0) is 13.2 Å². The topological polar surface area (TPSA) is 42.8 Å². The van der Waals surface area contributed by atoms with Crippen molar-refractivity contribution < 1.29 is 9.47 Å². The summed E-state index contributed by atoms with van der Waals surface area (Å²) in [4.78, 5) is 0. The minimum absolute atomic E-state index is 0.351. The minimum atomic E-state index is 0.351. The average molecular weight is 450 g/mol. The number of hydrogen-bond donors (Lipinski definition) is 1.